The Bertz CT molecular complexity index is 734. The lowest BCUT2D eigenvalue weighted by molar-refractivity contribution is 0.524. The quantitative estimate of drug-likeness (QED) is 0.779. The van der Waals surface area contributed by atoms with Crippen LogP contribution in [0.3, 0.4) is 0 Å². The maximum Gasteiger partial charge on any atom is 0.0890 e. The minimum Gasteiger partial charge on any atom is -0.312 e. The maximum absolute atomic E-state index is 4.72. The third kappa shape index (κ3) is 2.92. The molecule has 0 aliphatic heterocycles. The first-order valence-corrected chi connectivity index (χ1v) is 7.14. The summed E-state index contributed by atoms with van der Waals surface area (Å²) >= 11 is 0. The number of nitrogens with zero attached hydrogens (tertiary/aromatic N) is 4. The van der Waals surface area contributed by atoms with Crippen LogP contribution in [-0.4, -0.2) is 26.8 Å². The number of hydrogen-bond donors (Lipinski definition) is 1. The van der Waals surface area contributed by atoms with Crippen LogP contribution in [0, 0.1) is 0 Å². The van der Waals surface area contributed by atoms with Crippen LogP contribution in [0.15, 0.2) is 42.7 Å². The highest BCUT2D eigenvalue weighted by Crippen LogP contribution is 2.18. The van der Waals surface area contributed by atoms with Crippen LogP contribution in [0.4, 0.5) is 0 Å². The fourth-order valence-corrected chi connectivity index (χ4v) is 2.52. The molecule has 0 saturated carbocycles. The minimum absolute atomic E-state index is 0.192. The second-order valence-electron chi connectivity index (χ2n) is 5.11. The molecular weight excluding hydrogens is 262 g/mol. The number of para-hydroxylation sites is 2. The van der Waals surface area contributed by atoms with Gasteiger partial charge in [-0.25, -0.2) is 4.98 Å². The molecule has 1 unspecified atom stereocenters. The van der Waals surface area contributed by atoms with Crippen molar-refractivity contribution in [2.45, 2.75) is 18.9 Å². The topological polar surface area (TPSA) is 55.6 Å². The Kier molecular flexibility index (Phi) is 3.92. The van der Waals surface area contributed by atoms with Crippen molar-refractivity contribution in [1.82, 2.24) is 25.1 Å². The molecule has 0 aliphatic carbocycles. The van der Waals surface area contributed by atoms with E-state index in [0.29, 0.717) is 0 Å². The molecule has 108 valence electrons. The molecule has 2 aromatic heterocycles. The largest absolute Gasteiger partial charge is 0.312 e. The molecule has 0 aliphatic rings. The SMILES string of the molecule is CNC(CCc1ccnn1C)c1cnc2ccccc2n1. The van der Waals surface area contributed by atoms with Gasteiger partial charge in [0.1, 0.15) is 0 Å². The lowest BCUT2D eigenvalue weighted by Gasteiger charge is -2.15. The van der Waals surface area contributed by atoms with Crippen LogP contribution < -0.4 is 5.32 Å². The van der Waals surface area contributed by atoms with Crippen LogP contribution in [0.2, 0.25) is 0 Å². The molecule has 0 amide bonds. The van der Waals surface area contributed by atoms with E-state index < -0.39 is 0 Å². The number of nitrogens with one attached hydrogen (secondary N) is 1. The zero-order chi connectivity index (χ0) is 14.7. The second kappa shape index (κ2) is 6.01. The Morgan fingerprint density at radius 2 is 2.00 bits per heavy atom. The van der Waals surface area contributed by atoms with Crippen molar-refractivity contribution in [3.8, 4) is 0 Å². The Labute approximate surface area is 124 Å². The van der Waals surface area contributed by atoms with E-state index >= 15 is 0 Å². The van der Waals surface area contributed by atoms with Crippen molar-refractivity contribution in [3.05, 3.63) is 54.1 Å². The minimum atomic E-state index is 0.192. The fraction of sp³-hybridized carbons (Fsp3) is 0.312. The van der Waals surface area contributed by atoms with E-state index in [9.17, 15) is 0 Å². The molecule has 0 radical (unpaired) electrons. The predicted molar refractivity (Wildman–Crippen MR) is 82.9 cm³/mol. The molecule has 0 fully saturated rings. The molecule has 0 bridgehead atoms. The summed E-state index contributed by atoms with van der Waals surface area (Å²) in [6.07, 6.45) is 5.62. The lowest BCUT2D eigenvalue weighted by Crippen LogP contribution is -2.19. The molecule has 1 atom stereocenters. The molecule has 2 heterocycles. The Morgan fingerprint density at radius 3 is 2.71 bits per heavy atom. The van der Waals surface area contributed by atoms with Gasteiger partial charge in [-0.05, 0) is 38.1 Å². The summed E-state index contributed by atoms with van der Waals surface area (Å²) in [5.74, 6) is 0. The molecule has 5 nitrogen and oxygen atoms in total. The molecule has 5 heteroatoms. The van der Waals surface area contributed by atoms with Crippen molar-refractivity contribution in [2.24, 2.45) is 7.05 Å². The summed E-state index contributed by atoms with van der Waals surface area (Å²) in [5, 5.41) is 7.54. The number of benzene rings is 1. The molecule has 21 heavy (non-hydrogen) atoms. The standard InChI is InChI=1S/C16H19N5/c1-17-13(8-7-12-9-10-19-21(12)2)16-11-18-14-5-3-4-6-15(14)20-16/h3-6,9-11,13,17H,7-8H2,1-2H3. The molecule has 0 spiro atoms. The first-order valence-electron chi connectivity index (χ1n) is 7.14. The number of aryl methyl sites for hydroxylation is 2. The lowest BCUT2D eigenvalue weighted by atomic mass is 10.1. The van der Waals surface area contributed by atoms with Crippen LogP contribution in [0.25, 0.3) is 11.0 Å². The highest BCUT2D eigenvalue weighted by atomic mass is 15.2. The maximum atomic E-state index is 4.72. The third-order valence-corrected chi connectivity index (χ3v) is 3.78. The van der Waals surface area contributed by atoms with Crippen LogP contribution in [0.1, 0.15) is 23.9 Å². The van der Waals surface area contributed by atoms with Gasteiger partial charge in [-0.15, -0.1) is 0 Å². The van der Waals surface area contributed by atoms with E-state index in [4.69, 9.17) is 4.98 Å². The van der Waals surface area contributed by atoms with Crippen molar-refractivity contribution in [3.63, 3.8) is 0 Å². The normalized spacial score (nSPS) is 12.7. The highest BCUT2D eigenvalue weighted by Gasteiger charge is 2.13. The predicted octanol–water partition coefficient (Wildman–Crippen LogP) is 2.26. The van der Waals surface area contributed by atoms with E-state index in [2.05, 4.69) is 21.5 Å². The summed E-state index contributed by atoms with van der Waals surface area (Å²) in [4.78, 5) is 9.21. The van der Waals surface area contributed by atoms with Gasteiger partial charge < -0.3 is 5.32 Å². The average Bonchev–Trinajstić information content (AvgIpc) is 2.93. The molecule has 1 aromatic carbocycles. The first kappa shape index (κ1) is 13.7. The van der Waals surface area contributed by atoms with Gasteiger partial charge in [-0.3, -0.25) is 9.67 Å². The Hall–Kier alpha value is -2.27. The van der Waals surface area contributed by atoms with Gasteiger partial charge in [0.25, 0.3) is 0 Å². The average molecular weight is 281 g/mol. The Morgan fingerprint density at radius 1 is 1.19 bits per heavy atom. The van der Waals surface area contributed by atoms with Gasteiger partial charge in [0.15, 0.2) is 0 Å². The van der Waals surface area contributed by atoms with Gasteiger partial charge in [0.2, 0.25) is 0 Å². The molecule has 3 aromatic rings. The van der Waals surface area contributed by atoms with Crippen molar-refractivity contribution < 1.29 is 0 Å². The zero-order valence-electron chi connectivity index (χ0n) is 12.3. The Balaban J connectivity index is 1.79. The summed E-state index contributed by atoms with van der Waals surface area (Å²) < 4.78 is 1.92. The van der Waals surface area contributed by atoms with E-state index in [1.807, 2.05) is 55.4 Å². The second-order valence-corrected chi connectivity index (χ2v) is 5.11. The van der Waals surface area contributed by atoms with Crippen LogP contribution in [-0.2, 0) is 13.5 Å². The van der Waals surface area contributed by atoms with E-state index in [0.717, 1.165) is 29.6 Å². The first-order chi connectivity index (χ1) is 10.3. The van der Waals surface area contributed by atoms with E-state index in [1.165, 1.54) is 5.69 Å². The number of aromatic nitrogens is 4. The van der Waals surface area contributed by atoms with Crippen molar-refractivity contribution in [2.75, 3.05) is 7.05 Å². The number of rotatable bonds is 5. The van der Waals surface area contributed by atoms with Gasteiger partial charge in [0.05, 0.1) is 29.0 Å². The summed E-state index contributed by atoms with van der Waals surface area (Å²) in [5.41, 5.74) is 4.08. The molecule has 0 saturated heterocycles. The van der Waals surface area contributed by atoms with Gasteiger partial charge in [-0.2, -0.15) is 5.10 Å². The van der Waals surface area contributed by atoms with Crippen molar-refractivity contribution in [1.29, 1.82) is 0 Å². The molecular formula is C16H19N5. The number of fused-ring (bicyclic) bond motifs is 1. The molecule has 1 N–H and O–H groups in total. The van der Waals surface area contributed by atoms with Gasteiger partial charge in [-0.1, -0.05) is 12.1 Å². The zero-order valence-corrected chi connectivity index (χ0v) is 12.3. The fourth-order valence-electron chi connectivity index (χ4n) is 2.52. The van der Waals surface area contributed by atoms with E-state index in [1.54, 1.807) is 0 Å². The molecule has 3 rings (SSSR count). The van der Waals surface area contributed by atoms with Gasteiger partial charge in [0, 0.05) is 18.9 Å². The van der Waals surface area contributed by atoms with Crippen molar-refractivity contribution >= 4 is 11.0 Å². The van der Waals surface area contributed by atoms with Gasteiger partial charge >= 0.3 is 0 Å². The van der Waals surface area contributed by atoms with E-state index in [-0.39, 0.29) is 6.04 Å². The highest BCUT2D eigenvalue weighted by molar-refractivity contribution is 5.73. The summed E-state index contributed by atoms with van der Waals surface area (Å²) in [7, 11) is 3.93. The summed E-state index contributed by atoms with van der Waals surface area (Å²) in [6.45, 7) is 0. The smallest absolute Gasteiger partial charge is 0.0890 e. The van der Waals surface area contributed by atoms with Crippen LogP contribution >= 0.6 is 0 Å². The monoisotopic (exact) mass is 281 g/mol. The summed E-state index contributed by atoms with van der Waals surface area (Å²) in [6, 6.07) is 10.2. The third-order valence-electron chi connectivity index (χ3n) is 3.78. The number of hydrogen-bond acceptors (Lipinski definition) is 4. The van der Waals surface area contributed by atoms with Crippen LogP contribution in [0.5, 0.6) is 0 Å².